The second kappa shape index (κ2) is 6.10. The van der Waals surface area contributed by atoms with E-state index in [2.05, 4.69) is 9.47 Å². The van der Waals surface area contributed by atoms with Crippen LogP contribution in [0.4, 0.5) is 13.2 Å². The third kappa shape index (κ3) is 4.27. The molecule has 0 aromatic heterocycles. The Balaban J connectivity index is 3.27. The van der Waals surface area contributed by atoms with Crippen LogP contribution in [-0.2, 0) is 4.74 Å². The van der Waals surface area contributed by atoms with Crippen LogP contribution in [0.1, 0.15) is 22.8 Å². The maximum absolute atomic E-state index is 12.2. The Hall–Kier alpha value is -1.50. The van der Waals surface area contributed by atoms with Gasteiger partial charge in [0, 0.05) is 3.57 Å². The third-order valence-corrected chi connectivity index (χ3v) is 2.75. The number of alkyl halides is 3. The Labute approximate surface area is 120 Å². The molecule has 102 valence electrons. The van der Waals surface area contributed by atoms with Crippen molar-refractivity contribution in [2.24, 2.45) is 0 Å². The standard InChI is InChI=1S/C11H7F3INO3/c1-2-18-10(17)6-3-8(15)7(5-16)9(4-6)19-11(12,13)14/h3-4H,2H2,1H3. The summed E-state index contributed by atoms with van der Waals surface area (Å²) in [6.45, 7) is 1.66. The van der Waals surface area contributed by atoms with Crippen LogP contribution in [0.2, 0.25) is 0 Å². The van der Waals surface area contributed by atoms with Gasteiger partial charge in [0.25, 0.3) is 0 Å². The lowest BCUT2D eigenvalue weighted by molar-refractivity contribution is -0.274. The Morgan fingerprint density at radius 3 is 2.58 bits per heavy atom. The molecular weight excluding hydrogens is 378 g/mol. The van der Waals surface area contributed by atoms with Crippen LogP contribution in [0.5, 0.6) is 5.75 Å². The molecule has 0 spiro atoms. The molecule has 1 aromatic carbocycles. The molecule has 1 rings (SSSR count). The van der Waals surface area contributed by atoms with Crippen LogP contribution >= 0.6 is 22.6 Å². The van der Waals surface area contributed by atoms with Crippen molar-refractivity contribution in [2.75, 3.05) is 6.61 Å². The fraction of sp³-hybridized carbons (Fsp3) is 0.273. The van der Waals surface area contributed by atoms with Gasteiger partial charge >= 0.3 is 12.3 Å². The van der Waals surface area contributed by atoms with Gasteiger partial charge in [-0.05, 0) is 41.6 Å². The van der Waals surface area contributed by atoms with E-state index in [-0.39, 0.29) is 21.3 Å². The van der Waals surface area contributed by atoms with Gasteiger partial charge in [-0.2, -0.15) is 5.26 Å². The molecule has 0 fully saturated rings. The number of nitriles is 1. The lowest BCUT2D eigenvalue weighted by Crippen LogP contribution is -2.19. The van der Waals surface area contributed by atoms with Crippen molar-refractivity contribution < 1.29 is 27.4 Å². The Kier molecular flexibility index (Phi) is 4.99. The van der Waals surface area contributed by atoms with Crippen molar-refractivity contribution in [3.63, 3.8) is 0 Å². The van der Waals surface area contributed by atoms with Gasteiger partial charge in [-0.15, -0.1) is 13.2 Å². The monoisotopic (exact) mass is 385 g/mol. The highest BCUT2D eigenvalue weighted by molar-refractivity contribution is 14.1. The number of esters is 1. The summed E-state index contributed by atoms with van der Waals surface area (Å²) >= 11 is 1.65. The van der Waals surface area contributed by atoms with Crippen LogP contribution in [0.25, 0.3) is 0 Å². The smallest absolute Gasteiger partial charge is 0.462 e. The van der Waals surface area contributed by atoms with E-state index < -0.39 is 18.1 Å². The predicted molar refractivity (Wildman–Crippen MR) is 66.5 cm³/mol. The summed E-state index contributed by atoms with van der Waals surface area (Å²) < 4.78 is 45.2. The van der Waals surface area contributed by atoms with Crippen molar-refractivity contribution in [1.29, 1.82) is 5.26 Å². The van der Waals surface area contributed by atoms with E-state index in [0.29, 0.717) is 0 Å². The predicted octanol–water partition coefficient (Wildman–Crippen LogP) is 3.24. The Morgan fingerprint density at radius 2 is 2.11 bits per heavy atom. The highest BCUT2D eigenvalue weighted by atomic mass is 127. The van der Waals surface area contributed by atoms with E-state index in [1.807, 2.05) is 0 Å². The molecule has 0 saturated heterocycles. The van der Waals surface area contributed by atoms with Crippen molar-refractivity contribution in [1.82, 2.24) is 0 Å². The van der Waals surface area contributed by atoms with E-state index in [4.69, 9.17) is 5.26 Å². The van der Waals surface area contributed by atoms with Gasteiger partial charge in [-0.3, -0.25) is 0 Å². The lowest BCUT2D eigenvalue weighted by atomic mass is 10.1. The molecular formula is C11H7F3INO3. The second-order valence-corrected chi connectivity index (χ2v) is 4.37. The molecule has 0 heterocycles. The number of halogens is 4. The number of ether oxygens (including phenoxy) is 2. The summed E-state index contributed by atoms with van der Waals surface area (Å²) in [7, 11) is 0. The summed E-state index contributed by atoms with van der Waals surface area (Å²) in [6.07, 6.45) is -4.94. The fourth-order valence-electron chi connectivity index (χ4n) is 1.23. The number of rotatable bonds is 3. The fourth-order valence-corrected chi connectivity index (χ4v) is 1.95. The summed E-state index contributed by atoms with van der Waals surface area (Å²) in [5.41, 5.74) is -0.393. The number of benzene rings is 1. The first kappa shape index (κ1) is 15.6. The maximum atomic E-state index is 12.2. The van der Waals surface area contributed by atoms with Gasteiger partial charge in [-0.1, -0.05) is 0 Å². The topological polar surface area (TPSA) is 59.3 Å². The molecule has 4 nitrogen and oxygen atoms in total. The quantitative estimate of drug-likeness (QED) is 0.592. The molecule has 8 heteroatoms. The zero-order valence-electron chi connectivity index (χ0n) is 9.55. The van der Waals surface area contributed by atoms with Crippen molar-refractivity contribution in [3.8, 4) is 11.8 Å². The number of hydrogen-bond acceptors (Lipinski definition) is 4. The lowest BCUT2D eigenvalue weighted by Gasteiger charge is -2.12. The van der Waals surface area contributed by atoms with E-state index in [0.717, 1.165) is 6.07 Å². The molecule has 0 aliphatic rings. The van der Waals surface area contributed by atoms with Crippen LogP contribution in [0, 0.1) is 14.9 Å². The summed E-state index contributed by atoms with van der Waals surface area (Å²) in [6, 6.07) is 3.70. The first-order chi connectivity index (χ1) is 8.78. The SMILES string of the molecule is CCOC(=O)c1cc(I)c(C#N)c(OC(F)(F)F)c1. The largest absolute Gasteiger partial charge is 0.573 e. The summed E-state index contributed by atoms with van der Waals surface area (Å²) in [5.74, 6) is -1.50. The number of hydrogen-bond donors (Lipinski definition) is 0. The molecule has 0 bridgehead atoms. The van der Waals surface area contributed by atoms with Crippen LogP contribution < -0.4 is 4.74 Å². The van der Waals surface area contributed by atoms with E-state index in [9.17, 15) is 18.0 Å². The molecule has 0 aliphatic carbocycles. The second-order valence-electron chi connectivity index (χ2n) is 3.21. The van der Waals surface area contributed by atoms with Crippen LogP contribution in [0.15, 0.2) is 12.1 Å². The third-order valence-electron chi connectivity index (χ3n) is 1.90. The van der Waals surface area contributed by atoms with E-state index >= 15 is 0 Å². The van der Waals surface area contributed by atoms with Crippen molar-refractivity contribution in [2.45, 2.75) is 13.3 Å². The molecule has 0 unspecified atom stereocenters. The van der Waals surface area contributed by atoms with Gasteiger partial charge in [0.2, 0.25) is 0 Å². The maximum Gasteiger partial charge on any atom is 0.573 e. The minimum absolute atomic E-state index is 0.0882. The Bertz CT molecular complexity index is 537. The van der Waals surface area contributed by atoms with Gasteiger partial charge in [0.15, 0.2) is 0 Å². The highest BCUT2D eigenvalue weighted by Gasteiger charge is 2.33. The number of carbonyl (C=O) groups is 1. The highest BCUT2D eigenvalue weighted by Crippen LogP contribution is 2.30. The first-order valence-corrected chi connectivity index (χ1v) is 6.03. The zero-order chi connectivity index (χ0) is 14.6. The Morgan fingerprint density at radius 1 is 1.47 bits per heavy atom. The number of carbonyl (C=O) groups excluding carboxylic acids is 1. The molecule has 0 amide bonds. The summed E-state index contributed by atoms with van der Waals surface area (Å²) in [5, 5.41) is 8.81. The first-order valence-electron chi connectivity index (χ1n) is 4.95. The minimum atomic E-state index is -4.94. The molecule has 0 radical (unpaired) electrons. The molecule has 0 saturated carbocycles. The van der Waals surface area contributed by atoms with Gasteiger partial charge < -0.3 is 9.47 Å². The minimum Gasteiger partial charge on any atom is -0.462 e. The molecule has 0 aliphatic heterocycles. The normalized spacial score (nSPS) is 10.7. The zero-order valence-corrected chi connectivity index (χ0v) is 11.7. The molecule has 0 atom stereocenters. The molecule has 1 aromatic rings. The van der Waals surface area contributed by atoms with Gasteiger partial charge in [-0.25, -0.2) is 4.79 Å². The van der Waals surface area contributed by atoms with Crippen LogP contribution in [0.3, 0.4) is 0 Å². The average Bonchev–Trinajstić information content (AvgIpc) is 2.26. The average molecular weight is 385 g/mol. The van der Waals surface area contributed by atoms with Gasteiger partial charge in [0.1, 0.15) is 17.4 Å². The van der Waals surface area contributed by atoms with E-state index in [1.165, 1.54) is 6.07 Å². The van der Waals surface area contributed by atoms with Crippen molar-refractivity contribution in [3.05, 3.63) is 26.8 Å². The van der Waals surface area contributed by atoms with Crippen molar-refractivity contribution >= 4 is 28.6 Å². The van der Waals surface area contributed by atoms with E-state index in [1.54, 1.807) is 35.6 Å². The molecule has 19 heavy (non-hydrogen) atoms. The molecule has 0 N–H and O–H groups in total. The number of nitrogens with zero attached hydrogens (tertiary/aromatic N) is 1. The summed E-state index contributed by atoms with van der Waals surface area (Å²) in [4.78, 5) is 11.5. The van der Waals surface area contributed by atoms with Crippen LogP contribution in [-0.4, -0.2) is 18.9 Å². The van der Waals surface area contributed by atoms with Gasteiger partial charge in [0.05, 0.1) is 12.2 Å².